The van der Waals surface area contributed by atoms with Crippen molar-refractivity contribution < 1.29 is 18.0 Å². The minimum atomic E-state index is -4.36. The number of rotatable bonds is 4. The first-order valence-electron chi connectivity index (χ1n) is 11.3. The molecular formula is C23H25F3N6OS. The standard InChI is InChI=1S/C23H25F3N6OS/c24-23(25,26)18-6-3-7-19(15-18)29-11-13-30(14-12-29)20(33)17-5-4-10-32(16-17)22-28-27-21(34-22)31-8-1-2-9-31/h1-3,6-9,15,17H,4-5,10-14,16H2. The number of benzene rings is 1. The highest BCUT2D eigenvalue weighted by atomic mass is 32.1. The van der Waals surface area contributed by atoms with Crippen LogP contribution in [0.2, 0.25) is 0 Å². The summed E-state index contributed by atoms with van der Waals surface area (Å²) in [5, 5.41) is 10.2. The first-order chi connectivity index (χ1) is 16.4. The van der Waals surface area contributed by atoms with Gasteiger partial charge in [-0.05, 0) is 43.2 Å². The molecule has 1 aromatic carbocycles. The Morgan fingerprint density at radius 2 is 1.68 bits per heavy atom. The number of nitrogens with zero attached hydrogens (tertiary/aromatic N) is 6. The quantitative estimate of drug-likeness (QED) is 0.555. The van der Waals surface area contributed by atoms with Gasteiger partial charge in [-0.2, -0.15) is 13.2 Å². The van der Waals surface area contributed by atoms with Crippen molar-refractivity contribution in [3.63, 3.8) is 0 Å². The second-order valence-corrected chi connectivity index (χ2v) is 9.54. The summed E-state index contributed by atoms with van der Waals surface area (Å²) >= 11 is 1.50. The Morgan fingerprint density at radius 3 is 2.41 bits per heavy atom. The number of hydrogen-bond donors (Lipinski definition) is 0. The van der Waals surface area contributed by atoms with Crippen LogP contribution in [0.3, 0.4) is 0 Å². The first kappa shape index (κ1) is 22.7. The summed E-state index contributed by atoms with van der Waals surface area (Å²) in [6, 6.07) is 9.25. The molecule has 7 nitrogen and oxygen atoms in total. The van der Waals surface area contributed by atoms with Gasteiger partial charge in [0.2, 0.25) is 16.2 Å². The number of halogens is 3. The van der Waals surface area contributed by atoms with E-state index in [1.54, 1.807) is 6.07 Å². The summed E-state index contributed by atoms with van der Waals surface area (Å²) in [6.07, 6.45) is 1.21. The Morgan fingerprint density at radius 1 is 0.941 bits per heavy atom. The van der Waals surface area contributed by atoms with E-state index in [1.165, 1.54) is 23.5 Å². The summed E-state index contributed by atoms with van der Waals surface area (Å²) in [5.74, 6) is -0.00340. The lowest BCUT2D eigenvalue weighted by atomic mass is 9.96. The van der Waals surface area contributed by atoms with Gasteiger partial charge in [-0.3, -0.25) is 9.36 Å². The average Bonchev–Trinajstić information content (AvgIpc) is 3.56. The molecule has 0 radical (unpaired) electrons. The van der Waals surface area contributed by atoms with Crippen LogP contribution in [0.5, 0.6) is 0 Å². The molecule has 0 N–H and O–H groups in total. The molecule has 2 saturated heterocycles. The molecule has 2 aliphatic rings. The van der Waals surface area contributed by atoms with Crippen molar-refractivity contribution in [1.82, 2.24) is 19.7 Å². The Balaban J connectivity index is 1.19. The Hall–Kier alpha value is -3.08. The zero-order chi connectivity index (χ0) is 23.7. The van der Waals surface area contributed by atoms with Gasteiger partial charge in [0.15, 0.2) is 0 Å². The molecule has 3 aromatic rings. The van der Waals surface area contributed by atoms with E-state index in [-0.39, 0.29) is 11.8 Å². The molecule has 5 rings (SSSR count). The van der Waals surface area contributed by atoms with Gasteiger partial charge in [0, 0.05) is 57.3 Å². The maximum absolute atomic E-state index is 13.2. The zero-order valence-electron chi connectivity index (χ0n) is 18.5. The number of anilines is 2. The summed E-state index contributed by atoms with van der Waals surface area (Å²) in [7, 11) is 0. The van der Waals surface area contributed by atoms with Gasteiger partial charge in [0.1, 0.15) is 0 Å². The minimum Gasteiger partial charge on any atom is -0.368 e. The molecule has 1 atom stereocenters. The molecule has 2 fully saturated rings. The fourth-order valence-corrected chi connectivity index (χ4v) is 5.43. The Bertz CT molecular complexity index is 1120. The molecular weight excluding hydrogens is 465 g/mol. The fourth-order valence-electron chi connectivity index (χ4n) is 4.58. The molecule has 0 spiro atoms. The van der Waals surface area contributed by atoms with Crippen molar-refractivity contribution in [1.29, 1.82) is 0 Å². The van der Waals surface area contributed by atoms with Crippen LogP contribution in [0.1, 0.15) is 18.4 Å². The lowest BCUT2D eigenvalue weighted by Gasteiger charge is -2.39. The molecule has 1 amide bonds. The van der Waals surface area contributed by atoms with Crippen LogP contribution in [0, 0.1) is 5.92 Å². The van der Waals surface area contributed by atoms with Gasteiger partial charge < -0.3 is 14.7 Å². The van der Waals surface area contributed by atoms with Crippen molar-refractivity contribution in [3.05, 3.63) is 54.4 Å². The van der Waals surface area contributed by atoms with Crippen LogP contribution in [-0.4, -0.2) is 64.8 Å². The number of carbonyl (C=O) groups is 1. The summed E-state index contributed by atoms with van der Waals surface area (Å²) < 4.78 is 41.1. The molecule has 0 bridgehead atoms. The molecule has 4 heterocycles. The highest BCUT2D eigenvalue weighted by molar-refractivity contribution is 7.17. The third-order valence-corrected chi connectivity index (χ3v) is 7.40. The van der Waals surface area contributed by atoms with Crippen molar-refractivity contribution in [2.24, 2.45) is 5.92 Å². The smallest absolute Gasteiger partial charge is 0.368 e. The second kappa shape index (κ2) is 9.28. The summed E-state index contributed by atoms with van der Waals surface area (Å²) in [4.78, 5) is 19.1. The van der Waals surface area contributed by atoms with E-state index in [0.29, 0.717) is 38.4 Å². The van der Waals surface area contributed by atoms with Gasteiger partial charge in [0.05, 0.1) is 11.5 Å². The number of carbonyl (C=O) groups excluding carboxylic acids is 1. The third-order valence-electron chi connectivity index (χ3n) is 6.40. The summed E-state index contributed by atoms with van der Waals surface area (Å²) in [5.41, 5.74) is -0.108. The van der Waals surface area contributed by atoms with Crippen LogP contribution in [-0.2, 0) is 11.0 Å². The monoisotopic (exact) mass is 490 g/mol. The molecule has 34 heavy (non-hydrogen) atoms. The van der Waals surface area contributed by atoms with Crippen LogP contribution >= 0.6 is 11.3 Å². The van der Waals surface area contributed by atoms with Crippen molar-refractivity contribution in [2.45, 2.75) is 19.0 Å². The molecule has 0 aliphatic carbocycles. The molecule has 2 aromatic heterocycles. The van der Waals surface area contributed by atoms with E-state index in [9.17, 15) is 18.0 Å². The molecule has 180 valence electrons. The molecule has 2 aliphatic heterocycles. The fraction of sp³-hybridized carbons (Fsp3) is 0.435. The van der Waals surface area contributed by atoms with E-state index in [1.807, 2.05) is 38.9 Å². The third kappa shape index (κ3) is 4.75. The minimum absolute atomic E-state index is 0.114. The number of amides is 1. The molecule has 0 saturated carbocycles. The van der Waals surface area contributed by atoms with E-state index in [4.69, 9.17) is 0 Å². The predicted molar refractivity (Wildman–Crippen MR) is 124 cm³/mol. The zero-order valence-corrected chi connectivity index (χ0v) is 19.3. The van der Waals surface area contributed by atoms with Crippen LogP contribution < -0.4 is 9.80 Å². The Labute approximate surface area is 199 Å². The van der Waals surface area contributed by atoms with Gasteiger partial charge >= 0.3 is 6.18 Å². The molecule has 11 heteroatoms. The molecule has 1 unspecified atom stereocenters. The largest absolute Gasteiger partial charge is 0.416 e. The van der Waals surface area contributed by atoms with E-state index in [2.05, 4.69) is 15.1 Å². The normalized spacial score (nSPS) is 19.5. The maximum atomic E-state index is 13.2. The highest BCUT2D eigenvalue weighted by Crippen LogP contribution is 2.32. The number of piperazine rings is 1. The van der Waals surface area contributed by atoms with Gasteiger partial charge in [0.25, 0.3) is 0 Å². The lowest BCUT2D eigenvalue weighted by molar-refractivity contribution is -0.137. The lowest BCUT2D eigenvalue weighted by Crippen LogP contribution is -2.52. The van der Waals surface area contributed by atoms with Gasteiger partial charge in [-0.15, -0.1) is 10.2 Å². The van der Waals surface area contributed by atoms with Crippen LogP contribution in [0.25, 0.3) is 5.13 Å². The van der Waals surface area contributed by atoms with E-state index in [0.717, 1.165) is 35.7 Å². The predicted octanol–water partition coefficient (Wildman–Crippen LogP) is 3.91. The first-order valence-corrected chi connectivity index (χ1v) is 12.1. The highest BCUT2D eigenvalue weighted by Gasteiger charge is 2.33. The van der Waals surface area contributed by atoms with Crippen LogP contribution in [0.4, 0.5) is 24.0 Å². The average molecular weight is 491 g/mol. The van der Waals surface area contributed by atoms with Crippen molar-refractivity contribution >= 4 is 28.1 Å². The second-order valence-electron chi connectivity index (χ2n) is 8.60. The number of aromatic nitrogens is 3. The van der Waals surface area contributed by atoms with Crippen LogP contribution in [0.15, 0.2) is 48.8 Å². The van der Waals surface area contributed by atoms with Crippen molar-refractivity contribution in [3.8, 4) is 5.13 Å². The topological polar surface area (TPSA) is 57.5 Å². The SMILES string of the molecule is O=C(C1CCCN(c2nnc(-n3cccc3)s2)C1)N1CCN(c2cccc(C(F)(F)F)c2)CC1. The number of alkyl halides is 3. The van der Waals surface area contributed by atoms with E-state index >= 15 is 0 Å². The summed E-state index contributed by atoms with van der Waals surface area (Å²) in [6.45, 7) is 3.48. The van der Waals surface area contributed by atoms with Crippen molar-refractivity contribution in [2.75, 3.05) is 49.1 Å². The maximum Gasteiger partial charge on any atom is 0.416 e. The number of piperidine rings is 1. The number of hydrogen-bond acceptors (Lipinski definition) is 6. The van der Waals surface area contributed by atoms with Gasteiger partial charge in [-0.25, -0.2) is 0 Å². The Kier molecular flexibility index (Phi) is 6.20. The van der Waals surface area contributed by atoms with E-state index < -0.39 is 11.7 Å². The van der Waals surface area contributed by atoms with Gasteiger partial charge in [-0.1, -0.05) is 17.4 Å².